The number of allylic oxidation sites excluding steroid dienone is 1. The van der Waals surface area contributed by atoms with E-state index in [-0.39, 0.29) is 5.76 Å². The molecular formula is C10H16O4. The Morgan fingerprint density at radius 2 is 2.21 bits per heavy atom. The second-order valence-electron chi connectivity index (χ2n) is 3.02. The fraction of sp³-hybridized carbons (Fsp3) is 0.600. The van der Waals surface area contributed by atoms with Gasteiger partial charge < -0.3 is 19.3 Å². The summed E-state index contributed by atoms with van der Waals surface area (Å²) in [7, 11) is 3.19. The first kappa shape index (κ1) is 11.2. The molecule has 4 nitrogen and oxygen atoms in total. The van der Waals surface area contributed by atoms with Gasteiger partial charge in [-0.15, -0.1) is 0 Å². The van der Waals surface area contributed by atoms with Crippen LogP contribution in [0.2, 0.25) is 0 Å². The summed E-state index contributed by atoms with van der Waals surface area (Å²) >= 11 is 0. The van der Waals surface area contributed by atoms with Crippen LogP contribution in [0.15, 0.2) is 24.0 Å². The smallest absolute Gasteiger partial charge is 0.191 e. The zero-order valence-electron chi connectivity index (χ0n) is 8.53. The lowest BCUT2D eigenvalue weighted by molar-refractivity contribution is -0.192. The number of methoxy groups -OCH3 is 2. The molecule has 0 radical (unpaired) electrons. The van der Waals surface area contributed by atoms with Crippen LogP contribution in [0.25, 0.3) is 0 Å². The SMILES string of the molecule is COCCOC1(OC)C=CC(O)=CC1. The van der Waals surface area contributed by atoms with Crippen LogP contribution in [-0.2, 0) is 14.2 Å². The van der Waals surface area contributed by atoms with Crippen molar-refractivity contribution in [3.05, 3.63) is 24.0 Å². The lowest BCUT2D eigenvalue weighted by Crippen LogP contribution is -2.34. The monoisotopic (exact) mass is 200 g/mol. The minimum absolute atomic E-state index is 0.244. The third-order valence-corrected chi connectivity index (χ3v) is 2.08. The Kier molecular flexibility index (Phi) is 4.13. The van der Waals surface area contributed by atoms with Gasteiger partial charge >= 0.3 is 0 Å². The van der Waals surface area contributed by atoms with Gasteiger partial charge in [0.25, 0.3) is 0 Å². The van der Waals surface area contributed by atoms with Gasteiger partial charge in [0, 0.05) is 20.6 Å². The zero-order valence-corrected chi connectivity index (χ0v) is 8.53. The van der Waals surface area contributed by atoms with E-state index < -0.39 is 5.79 Å². The van der Waals surface area contributed by atoms with E-state index in [0.717, 1.165) is 0 Å². The first-order chi connectivity index (χ1) is 6.72. The van der Waals surface area contributed by atoms with Gasteiger partial charge in [-0.2, -0.15) is 0 Å². The van der Waals surface area contributed by atoms with Crippen molar-refractivity contribution >= 4 is 0 Å². The molecule has 0 saturated carbocycles. The molecule has 4 heteroatoms. The quantitative estimate of drug-likeness (QED) is 0.538. The largest absolute Gasteiger partial charge is 0.508 e. The highest BCUT2D eigenvalue weighted by atomic mass is 16.7. The Labute approximate surface area is 83.8 Å². The summed E-state index contributed by atoms with van der Waals surface area (Å²) in [5, 5.41) is 9.15. The van der Waals surface area contributed by atoms with Gasteiger partial charge in [-0.05, 0) is 18.2 Å². The average Bonchev–Trinajstić information content (AvgIpc) is 2.22. The molecule has 1 unspecified atom stereocenters. The van der Waals surface area contributed by atoms with Gasteiger partial charge in [-0.1, -0.05) is 0 Å². The molecule has 80 valence electrons. The van der Waals surface area contributed by atoms with E-state index >= 15 is 0 Å². The number of hydrogen-bond donors (Lipinski definition) is 1. The molecule has 0 bridgehead atoms. The van der Waals surface area contributed by atoms with Crippen LogP contribution >= 0.6 is 0 Å². The lowest BCUT2D eigenvalue weighted by Gasteiger charge is -2.30. The maximum Gasteiger partial charge on any atom is 0.191 e. The fourth-order valence-corrected chi connectivity index (χ4v) is 1.21. The molecule has 0 amide bonds. The topological polar surface area (TPSA) is 47.9 Å². The van der Waals surface area contributed by atoms with E-state index in [1.165, 1.54) is 0 Å². The number of hydrogen-bond acceptors (Lipinski definition) is 4. The van der Waals surface area contributed by atoms with Crippen LogP contribution in [0.5, 0.6) is 0 Å². The van der Waals surface area contributed by atoms with Gasteiger partial charge in [0.15, 0.2) is 5.79 Å². The van der Waals surface area contributed by atoms with Crippen LogP contribution in [0.1, 0.15) is 6.42 Å². The summed E-state index contributed by atoms with van der Waals surface area (Å²) in [5.74, 6) is -0.502. The second kappa shape index (κ2) is 5.14. The third-order valence-electron chi connectivity index (χ3n) is 2.08. The highest BCUT2D eigenvalue weighted by Gasteiger charge is 2.28. The molecule has 1 rings (SSSR count). The van der Waals surface area contributed by atoms with E-state index in [1.807, 2.05) is 0 Å². The molecule has 1 aliphatic rings. The highest BCUT2D eigenvalue weighted by Crippen LogP contribution is 2.24. The normalized spacial score (nSPS) is 26.3. The molecule has 1 aliphatic carbocycles. The van der Waals surface area contributed by atoms with Gasteiger partial charge in [-0.3, -0.25) is 0 Å². The molecule has 1 atom stereocenters. The molecular weight excluding hydrogens is 184 g/mol. The van der Waals surface area contributed by atoms with E-state index in [1.54, 1.807) is 32.4 Å². The van der Waals surface area contributed by atoms with Gasteiger partial charge in [0.1, 0.15) is 5.76 Å². The molecule has 0 aliphatic heterocycles. The summed E-state index contributed by atoms with van der Waals surface area (Å²) in [6.45, 7) is 0.984. The van der Waals surface area contributed by atoms with Crippen LogP contribution in [0.4, 0.5) is 0 Å². The number of ether oxygens (including phenoxy) is 3. The predicted molar refractivity (Wildman–Crippen MR) is 52.0 cm³/mol. The first-order valence-corrected chi connectivity index (χ1v) is 4.49. The first-order valence-electron chi connectivity index (χ1n) is 4.49. The Balaban J connectivity index is 2.48. The summed E-state index contributed by atoms with van der Waals surface area (Å²) in [5.41, 5.74) is 0. The van der Waals surface area contributed by atoms with Crippen LogP contribution < -0.4 is 0 Å². The van der Waals surface area contributed by atoms with Crippen LogP contribution in [-0.4, -0.2) is 38.3 Å². The van der Waals surface area contributed by atoms with Crippen molar-refractivity contribution < 1.29 is 19.3 Å². The van der Waals surface area contributed by atoms with E-state index in [4.69, 9.17) is 19.3 Å². The molecule has 0 aromatic heterocycles. The van der Waals surface area contributed by atoms with Gasteiger partial charge in [0.2, 0.25) is 0 Å². The zero-order chi connectivity index (χ0) is 10.4. The maximum absolute atomic E-state index is 9.15. The molecule has 0 saturated heterocycles. The third kappa shape index (κ3) is 2.83. The molecule has 0 fully saturated rings. The van der Waals surface area contributed by atoms with Crippen molar-refractivity contribution in [3.63, 3.8) is 0 Å². The minimum atomic E-state index is -0.745. The molecule has 0 heterocycles. The van der Waals surface area contributed by atoms with Gasteiger partial charge in [-0.25, -0.2) is 0 Å². The molecule has 0 spiro atoms. The van der Waals surface area contributed by atoms with Crippen LogP contribution in [0, 0.1) is 0 Å². The second-order valence-corrected chi connectivity index (χ2v) is 3.02. The van der Waals surface area contributed by atoms with Crippen molar-refractivity contribution in [2.24, 2.45) is 0 Å². The minimum Gasteiger partial charge on any atom is -0.508 e. The predicted octanol–water partition coefficient (Wildman–Crippen LogP) is 1.39. The fourth-order valence-electron chi connectivity index (χ4n) is 1.21. The summed E-state index contributed by atoms with van der Waals surface area (Å²) in [4.78, 5) is 0. The van der Waals surface area contributed by atoms with E-state index in [0.29, 0.717) is 19.6 Å². The molecule has 0 aromatic rings. The highest BCUT2D eigenvalue weighted by molar-refractivity contribution is 5.20. The molecule has 14 heavy (non-hydrogen) atoms. The van der Waals surface area contributed by atoms with E-state index in [2.05, 4.69) is 0 Å². The summed E-state index contributed by atoms with van der Waals surface area (Å²) < 4.78 is 15.6. The lowest BCUT2D eigenvalue weighted by atomic mass is 10.1. The standard InChI is InChI=1S/C10H16O4/c1-12-7-8-14-10(13-2)5-3-9(11)4-6-10/h3-5,11H,6-8H2,1-2H3. The Morgan fingerprint density at radius 3 is 2.71 bits per heavy atom. The van der Waals surface area contributed by atoms with Crippen molar-refractivity contribution in [2.75, 3.05) is 27.4 Å². The maximum atomic E-state index is 9.15. The number of aliphatic hydroxyl groups excluding tert-OH is 1. The Hall–Kier alpha value is -0.840. The summed E-state index contributed by atoms with van der Waals surface area (Å²) in [6.07, 6.45) is 5.45. The number of rotatable bonds is 5. The van der Waals surface area contributed by atoms with Crippen molar-refractivity contribution in [2.45, 2.75) is 12.2 Å². The van der Waals surface area contributed by atoms with Gasteiger partial charge in [0.05, 0.1) is 13.2 Å². The van der Waals surface area contributed by atoms with Crippen molar-refractivity contribution in [3.8, 4) is 0 Å². The van der Waals surface area contributed by atoms with Crippen molar-refractivity contribution in [1.29, 1.82) is 0 Å². The Bertz CT molecular complexity index is 234. The average molecular weight is 200 g/mol. The molecule has 1 N–H and O–H groups in total. The van der Waals surface area contributed by atoms with Crippen molar-refractivity contribution in [1.82, 2.24) is 0 Å². The van der Waals surface area contributed by atoms with Crippen LogP contribution in [0.3, 0.4) is 0 Å². The Morgan fingerprint density at radius 1 is 1.43 bits per heavy atom. The summed E-state index contributed by atoms with van der Waals surface area (Å²) in [6, 6.07) is 0. The number of aliphatic hydroxyl groups is 1. The molecule has 0 aromatic carbocycles. The van der Waals surface area contributed by atoms with E-state index in [9.17, 15) is 0 Å².